The van der Waals surface area contributed by atoms with Crippen LogP contribution in [0.4, 0.5) is 4.79 Å². The Bertz CT molecular complexity index is 822. The fourth-order valence-corrected chi connectivity index (χ4v) is 7.64. The number of alkyl carbamates (subject to hydrolysis) is 1. The third-order valence-electron chi connectivity index (χ3n) is 8.01. The van der Waals surface area contributed by atoms with Gasteiger partial charge in [0.05, 0.1) is 11.9 Å². The quantitative estimate of drug-likeness (QED) is 0.247. The Balaban J connectivity index is 1.65. The Morgan fingerprint density at radius 2 is 1.70 bits per heavy atom. The molecule has 2 saturated carbocycles. The van der Waals surface area contributed by atoms with E-state index in [0.29, 0.717) is 30.7 Å². The number of ether oxygens (including phenoxy) is 1. The standard InChI is InChI=1S/C27H47N5O4S/c1-17(2)36-26(35)31-22(27(3,4)37-20-8-5-6-9-20)25(34)32-15-7-10-21(32)24(33)30-16-18-11-13-19(14-12-18)23(28)29/h17-22H,5-16H2,1-4H3,(H3,28,29)(H,30,33)(H,31,35)/t18?,19?,21-,22-/m0/s1. The van der Waals surface area contributed by atoms with Crippen molar-refractivity contribution in [2.24, 2.45) is 17.6 Å². The van der Waals surface area contributed by atoms with Crippen LogP contribution in [0.15, 0.2) is 0 Å². The van der Waals surface area contributed by atoms with Gasteiger partial charge in [-0.3, -0.25) is 15.0 Å². The van der Waals surface area contributed by atoms with E-state index in [4.69, 9.17) is 15.9 Å². The van der Waals surface area contributed by atoms with Crippen molar-refractivity contribution in [1.82, 2.24) is 15.5 Å². The van der Waals surface area contributed by atoms with Crippen LogP contribution in [-0.4, -0.2) is 69.9 Å². The number of amides is 3. The minimum absolute atomic E-state index is 0.121. The first-order chi connectivity index (χ1) is 17.5. The van der Waals surface area contributed by atoms with Crippen molar-refractivity contribution in [3.8, 4) is 0 Å². The number of likely N-dealkylation sites (tertiary alicyclic amines) is 1. The number of carbonyl (C=O) groups is 3. The Hall–Kier alpha value is -1.97. The van der Waals surface area contributed by atoms with Crippen LogP contribution < -0.4 is 16.4 Å². The number of hydrogen-bond donors (Lipinski definition) is 4. The highest BCUT2D eigenvalue weighted by Crippen LogP contribution is 2.40. The number of amidine groups is 1. The molecule has 3 fully saturated rings. The van der Waals surface area contributed by atoms with Crippen LogP contribution in [0.2, 0.25) is 0 Å². The highest BCUT2D eigenvalue weighted by Gasteiger charge is 2.45. The number of nitrogens with zero attached hydrogens (tertiary/aromatic N) is 1. The van der Waals surface area contributed by atoms with Gasteiger partial charge in [0.1, 0.15) is 12.1 Å². The van der Waals surface area contributed by atoms with E-state index >= 15 is 0 Å². The van der Waals surface area contributed by atoms with Crippen LogP contribution in [0, 0.1) is 17.2 Å². The third kappa shape index (κ3) is 8.26. The average Bonchev–Trinajstić information content (AvgIpc) is 3.52. The highest BCUT2D eigenvalue weighted by atomic mass is 32.2. The van der Waals surface area contributed by atoms with Gasteiger partial charge in [0.25, 0.3) is 0 Å². The van der Waals surface area contributed by atoms with Crippen LogP contribution in [-0.2, 0) is 14.3 Å². The molecule has 2 aliphatic carbocycles. The van der Waals surface area contributed by atoms with Crippen LogP contribution in [0.5, 0.6) is 0 Å². The molecule has 0 aromatic rings. The Morgan fingerprint density at radius 3 is 2.30 bits per heavy atom. The SMILES string of the molecule is CC(C)OC(=O)N[C@@H](C(=O)N1CCC[C@H]1C(=O)NCC1CCC(C(=N)N)CC1)C(C)(C)SC1CCCC1. The maximum atomic E-state index is 13.9. The molecule has 3 aliphatic rings. The van der Waals surface area contributed by atoms with Crippen molar-refractivity contribution in [3.63, 3.8) is 0 Å². The van der Waals surface area contributed by atoms with Gasteiger partial charge in [0.2, 0.25) is 11.8 Å². The van der Waals surface area contributed by atoms with Crippen LogP contribution in [0.1, 0.15) is 91.9 Å². The molecule has 0 spiro atoms. The molecule has 0 unspecified atom stereocenters. The first-order valence-electron chi connectivity index (χ1n) is 14.0. The van der Waals surface area contributed by atoms with Gasteiger partial charge in [-0.2, -0.15) is 0 Å². The molecule has 10 heteroatoms. The van der Waals surface area contributed by atoms with Gasteiger partial charge in [-0.05, 0) is 85.0 Å². The fourth-order valence-electron chi connectivity index (χ4n) is 5.91. The van der Waals surface area contributed by atoms with Gasteiger partial charge in [0.15, 0.2) is 0 Å². The number of thioether (sulfide) groups is 1. The molecule has 0 bridgehead atoms. The van der Waals surface area contributed by atoms with Gasteiger partial charge in [0, 0.05) is 29.0 Å². The van der Waals surface area contributed by atoms with Crippen molar-refractivity contribution in [1.29, 1.82) is 5.41 Å². The summed E-state index contributed by atoms with van der Waals surface area (Å²) in [6, 6.07) is -1.32. The van der Waals surface area contributed by atoms with E-state index < -0.39 is 22.9 Å². The molecule has 1 saturated heterocycles. The summed E-state index contributed by atoms with van der Waals surface area (Å²) in [6.45, 7) is 8.66. The van der Waals surface area contributed by atoms with Crippen LogP contribution in [0.25, 0.3) is 0 Å². The lowest BCUT2D eigenvalue weighted by Gasteiger charge is -2.38. The zero-order chi connectivity index (χ0) is 27.2. The topological polar surface area (TPSA) is 138 Å². The normalized spacial score (nSPS) is 25.6. The lowest BCUT2D eigenvalue weighted by Crippen LogP contribution is -2.60. The number of rotatable bonds is 10. The first kappa shape index (κ1) is 29.6. The number of hydrogen-bond acceptors (Lipinski definition) is 6. The summed E-state index contributed by atoms with van der Waals surface area (Å²) >= 11 is 1.76. The monoisotopic (exact) mass is 537 g/mol. The molecule has 0 aromatic heterocycles. The summed E-state index contributed by atoms with van der Waals surface area (Å²) in [5.41, 5.74) is 5.66. The summed E-state index contributed by atoms with van der Waals surface area (Å²) in [7, 11) is 0. The van der Waals surface area contributed by atoms with Gasteiger partial charge in [-0.1, -0.05) is 12.8 Å². The van der Waals surface area contributed by atoms with E-state index in [1.54, 1.807) is 30.5 Å². The predicted octanol–water partition coefficient (Wildman–Crippen LogP) is 3.79. The van der Waals surface area contributed by atoms with E-state index in [2.05, 4.69) is 10.6 Å². The average molecular weight is 538 g/mol. The van der Waals surface area contributed by atoms with E-state index in [1.807, 2.05) is 13.8 Å². The summed E-state index contributed by atoms with van der Waals surface area (Å²) in [5, 5.41) is 14.1. The van der Waals surface area contributed by atoms with Crippen LogP contribution >= 0.6 is 11.8 Å². The molecule has 210 valence electrons. The molecule has 3 amide bonds. The number of nitrogens with one attached hydrogen (secondary N) is 3. The van der Waals surface area contributed by atoms with E-state index in [9.17, 15) is 14.4 Å². The smallest absolute Gasteiger partial charge is 0.408 e. The molecule has 0 aromatic carbocycles. The summed E-state index contributed by atoms with van der Waals surface area (Å²) < 4.78 is 4.78. The predicted molar refractivity (Wildman–Crippen MR) is 148 cm³/mol. The molecule has 2 atom stereocenters. The van der Waals surface area contributed by atoms with Gasteiger partial charge in [-0.15, -0.1) is 11.8 Å². The molecule has 37 heavy (non-hydrogen) atoms. The van der Waals surface area contributed by atoms with E-state index in [1.165, 1.54) is 12.8 Å². The van der Waals surface area contributed by atoms with E-state index in [-0.39, 0.29) is 29.7 Å². The summed E-state index contributed by atoms with van der Waals surface area (Å²) in [6.07, 6.45) is 8.76. The zero-order valence-corrected chi connectivity index (χ0v) is 23.8. The molecular weight excluding hydrogens is 490 g/mol. The first-order valence-corrected chi connectivity index (χ1v) is 14.9. The molecular formula is C27H47N5O4S. The minimum atomic E-state index is -0.792. The van der Waals surface area contributed by atoms with E-state index in [0.717, 1.165) is 44.9 Å². The van der Waals surface area contributed by atoms with Gasteiger partial charge < -0.3 is 26.0 Å². The lowest BCUT2D eigenvalue weighted by atomic mass is 9.81. The second-order valence-electron chi connectivity index (χ2n) is 11.8. The van der Waals surface area contributed by atoms with Crippen molar-refractivity contribution < 1.29 is 19.1 Å². The van der Waals surface area contributed by atoms with Crippen molar-refractivity contribution in [3.05, 3.63) is 0 Å². The van der Waals surface area contributed by atoms with Crippen molar-refractivity contribution in [2.45, 2.75) is 120 Å². The largest absolute Gasteiger partial charge is 0.447 e. The summed E-state index contributed by atoms with van der Waals surface area (Å²) in [4.78, 5) is 41.4. The number of carbonyl (C=O) groups excluding carboxylic acids is 3. The molecule has 1 heterocycles. The molecule has 5 N–H and O–H groups in total. The second kappa shape index (κ2) is 13.2. The molecule has 1 aliphatic heterocycles. The van der Waals surface area contributed by atoms with Crippen molar-refractivity contribution >= 4 is 35.5 Å². The maximum absolute atomic E-state index is 13.9. The molecule has 0 radical (unpaired) electrons. The Kier molecular flexibility index (Phi) is 10.6. The zero-order valence-electron chi connectivity index (χ0n) is 23.0. The van der Waals surface area contributed by atoms with Crippen LogP contribution in [0.3, 0.4) is 0 Å². The Morgan fingerprint density at radius 1 is 1.05 bits per heavy atom. The minimum Gasteiger partial charge on any atom is -0.447 e. The second-order valence-corrected chi connectivity index (χ2v) is 13.7. The maximum Gasteiger partial charge on any atom is 0.408 e. The molecule has 9 nitrogen and oxygen atoms in total. The fraction of sp³-hybridized carbons (Fsp3) is 0.852. The van der Waals surface area contributed by atoms with Gasteiger partial charge in [-0.25, -0.2) is 4.79 Å². The Labute approximate surface area is 226 Å². The molecule has 3 rings (SSSR count). The third-order valence-corrected chi connectivity index (χ3v) is 9.66. The van der Waals surface area contributed by atoms with Crippen molar-refractivity contribution in [2.75, 3.05) is 13.1 Å². The lowest BCUT2D eigenvalue weighted by molar-refractivity contribution is -0.140. The number of nitrogens with two attached hydrogens (primary N) is 1. The van der Waals surface area contributed by atoms with Gasteiger partial charge >= 0.3 is 6.09 Å². The summed E-state index contributed by atoms with van der Waals surface area (Å²) in [5.74, 6) is 0.455. The highest BCUT2D eigenvalue weighted by molar-refractivity contribution is 8.01.